The van der Waals surface area contributed by atoms with Gasteiger partial charge in [0.15, 0.2) is 24.4 Å². The molecule has 0 spiro atoms. The lowest BCUT2D eigenvalue weighted by molar-refractivity contribution is -0.472. The quantitative estimate of drug-likeness (QED) is 0.0301. The average Bonchev–Trinajstić information content (AvgIpc) is 3.25. The van der Waals surface area contributed by atoms with Gasteiger partial charge in [-0.05, 0) is 76.3 Å². The molecule has 1 aromatic heterocycles. The zero-order chi connectivity index (χ0) is 48.1. The molecule has 0 radical (unpaired) electrons. The Morgan fingerprint density at radius 1 is 0.905 bits per heavy atom. The Hall–Kier alpha value is -4.28. The Labute approximate surface area is 385 Å². The fraction of sp³-hybridized carbons (Fsp3) is 0.600. The number of alkyl carbamates (subject to hydrolysis) is 1. The number of amides is 1. The molecular formula is C50H81ClFN7O4. The van der Waals surface area contributed by atoms with Crippen molar-refractivity contribution in [1.82, 2.24) is 15.4 Å². The summed E-state index contributed by atoms with van der Waals surface area (Å²) in [6, 6.07) is 23.2. The molecule has 0 aliphatic heterocycles. The molecule has 3 aromatic rings. The average molecular weight is 899 g/mol. The van der Waals surface area contributed by atoms with Crippen LogP contribution in [0, 0.1) is 40.1 Å². The molecule has 0 bridgehead atoms. The van der Waals surface area contributed by atoms with Gasteiger partial charge in [-0.2, -0.15) is 10.3 Å². The van der Waals surface area contributed by atoms with Gasteiger partial charge >= 0.3 is 6.09 Å². The van der Waals surface area contributed by atoms with E-state index in [0.717, 1.165) is 66.9 Å². The largest absolute Gasteiger partial charge is 0.624 e. The van der Waals surface area contributed by atoms with Crippen LogP contribution >= 0.6 is 11.6 Å². The lowest BCUT2D eigenvalue weighted by Gasteiger charge is -2.29. The van der Waals surface area contributed by atoms with Crippen molar-refractivity contribution < 1.29 is 23.9 Å². The number of aromatic nitrogens is 1. The van der Waals surface area contributed by atoms with Gasteiger partial charge < -0.3 is 31.5 Å². The molecule has 1 amide bonds. The molecule has 1 heterocycles. The molecule has 0 aliphatic rings. The van der Waals surface area contributed by atoms with E-state index < -0.39 is 17.5 Å². The van der Waals surface area contributed by atoms with E-state index in [9.17, 15) is 19.6 Å². The van der Waals surface area contributed by atoms with Crippen LogP contribution in [0.5, 0.6) is 0 Å². The van der Waals surface area contributed by atoms with Crippen LogP contribution in [0.15, 0.2) is 66.7 Å². The number of carbonyl (C=O) groups is 1. The van der Waals surface area contributed by atoms with E-state index >= 15 is 0 Å². The first-order valence-corrected chi connectivity index (χ1v) is 23.2. The minimum atomic E-state index is -0.544. The summed E-state index contributed by atoms with van der Waals surface area (Å²) < 4.78 is 19.9. The summed E-state index contributed by atoms with van der Waals surface area (Å²) in [6.45, 7) is 27.4. The standard InChI is InChI=1S/C14H23NO.C13H17ClFN3.C12H17NO.C11H24N2O2/c1-4-12(3)14(5-2)15(16)11-13-9-7-6-8-10-13;1-4-8(3)11(5-2)17-13-10(15)6-9(7-16)12(14)18-13;1-3-11(2)9-13(14)10-12-7-5-4-6-8-12;1-6-8(12)9(7-2)13-10(14)15-11(3,4)5/h6-10,12,14,16H,4-5,11H2,1-3H3;6,8,11H,4-5H2,1-3H3,(H,17,18);4-9,11H,3,10H2,1-2H3;8-9H,6-7,12H2,1-5H3,(H,13,14)/b;;13-9-;/t12-,14+;8-,11+;11-;8-,9+/m0001/s1. The summed E-state index contributed by atoms with van der Waals surface area (Å²) in [5, 5.41) is 37.6. The third-order valence-electron chi connectivity index (χ3n) is 10.8. The van der Waals surface area contributed by atoms with Crippen molar-refractivity contribution in [1.29, 1.82) is 5.26 Å². The van der Waals surface area contributed by atoms with Crippen molar-refractivity contribution >= 4 is 29.7 Å². The highest BCUT2D eigenvalue weighted by Crippen LogP contribution is 2.23. The maximum Gasteiger partial charge on any atom is 0.407 e. The van der Waals surface area contributed by atoms with Gasteiger partial charge in [0.05, 0.1) is 5.56 Å². The summed E-state index contributed by atoms with van der Waals surface area (Å²) in [6.07, 6.45) is 7.97. The monoisotopic (exact) mass is 898 g/mol. The molecule has 354 valence electrons. The van der Waals surface area contributed by atoms with Crippen LogP contribution in [-0.4, -0.2) is 62.1 Å². The number of nitrogens with one attached hydrogen (secondary N) is 2. The third-order valence-corrected chi connectivity index (χ3v) is 11.1. The molecule has 13 heteroatoms. The molecule has 0 saturated carbocycles. The highest BCUT2D eigenvalue weighted by Gasteiger charge is 2.22. The number of rotatable bonds is 19. The molecule has 0 unspecified atom stereocenters. The second kappa shape index (κ2) is 32.4. The molecule has 0 aliphatic carbocycles. The Morgan fingerprint density at radius 2 is 1.44 bits per heavy atom. The van der Waals surface area contributed by atoms with Crippen LogP contribution in [0.3, 0.4) is 0 Å². The predicted molar refractivity (Wildman–Crippen MR) is 259 cm³/mol. The molecule has 3 rings (SSSR count). The van der Waals surface area contributed by atoms with Gasteiger partial charge in [0.2, 0.25) is 0 Å². The summed E-state index contributed by atoms with van der Waals surface area (Å²) in [5.41, 5.74) is 7.68. The molecule has 0 fully saturated rings. The van der Waals surface area contributed by atoms with E-state index in [1.165, 1.54) is 5.06 Å². The molecule has 0 saturated heterocycles. The van der Waals surface area contributed by atoms with Gasteiger partial charge in [-0.15, -0.1) is 0 Å². The molecule has 63 heavy (non-hydrogen) atoms. The highest BCUT2D eigenvalue weighted by molar-refractivity contribution is 6.30. The molecule has 2 aromatic carbocycles. The first-order chi connectivity index (χ1) is 29.7. The topological polar surface area (TPSA) is 163 Å². The number of nitrogens with zero attached hydrogens (tertiary/aromatic N) is 4. The number of pyridine rings is 1. The third kappa shape index (κ3) is 25.0. The van der Waals surface area contributed by atoms with Crippen molar-refractivity contribution in [3.05, 3.63) is 99.6 Å². The number of nitrogens with two attached hydrogens (primary N) is 1. The lowest BCUT2D eigenvalue weighted by Crippen LogP contribution is -2.48. The van der Waals surface area contributed by atoms with Crippen LogP contribution in [0.2, 0.25) is 5.15 Å². The van der Waals surface area contributed by atoms with Gasteiger partial charge in [-0.1, -0.05) is 154 Å². The second-order valence-electron chi connectivity index (χ2n) is 17.1. The normalized spacial score (nSPS) is 14.6. The summed E-state index contributed by atoms with van der Waals surface area (Å²) in [4.78, 5) is 15.4. The van der Waals surface area contributed by atoms with Crippen molar-refractivity contribution in [2.24, 2.45) is 23.5 Å². The summed E-state index contributed by atoms with van der Waals surface area (Å²) >= 11 is 5.80. The number of hydrogen-bond donors (Lipinski definition) is 4. The van der Waals surface area contributed by atoms with Crippen molar-refractivity contribution in [2.45, 2.75) is 178 Å². The van der Waals surface area contributed by atoms with E-state index in [4.69, 9.17) is 27.3 Å². The SMILES string of the molecule is CC[C@@H](N)[C@H](CC)NC(=O)OC(C)(C)C.CC[C@H](C)/C=[N+](\[O-])Cc1ccccc1.CC[C@H](C)[C@@H](CC)Nc1nc(Cl)c(C#N)cc1F.CC[C@H]([C@@H](C)CC)N(O)Cc1ccccc1. The predicted octanol–water partition coefficient (Wildman–Crippen LogP) is 12.5. The van der Waals surface area contributed by atoms with Crippen LogP contribution in [0.1, 0.15) is 152 Å². The number of ether oxygens (including phenoxy) is 1. The maximum atomic E-state index is 13.7. The fourth-order valence-electron chi connectivity index (χ4n) is 6.28. The van der Waals surface area contributed by atoms with Crippen molar-refractivity contribution in [2.75, 3.05) is 5.32 Å². The first-order valence-electron chi connectivity index (χ1n) is 22.8. The lowest BCUT2D eigenvalue weighted by atomic mass is 9.96. The first kappa shape index (κ1) is 58.7. The van der Waals surface area contributed by atoms with E-state index in [1.807, 2.05) is 102 Å². The second-order valence-corrected chi connectivity index (χ2v) is 17.4. The summed E-state index contributed by atoms with van der Waals surface area (Å²) in [7, 11) is 0. The van der Waals surface area contributed by atoms with Gasteiger partial charge in [0.25, 0.3) is 0 Å². The number of anilines is 1. The van der Waals surface area contributed by atoms with Crippen molar-refractivity contribution in [3.63, 3.8) is 0 Å². The molecular weight excluding hydrogens is 817 g/mol. The Balaban J connectivity index is 0.000000817. The van der Waals surface area contributed by atoms with Gasteiger partial charge in [0, 0.05) is 42.2 Å². The number of hydrogen-bond acceptors (Lipinski definition) is 9. The Kier molecular flexibility index (Phi) is 30.2. The minimum absolute atomic E-state index is 0.00940. The van der Waals surface area contributed by atoms with E-state index in [2.05, 4.69) is 64.1 Å². The number of nitriles is 1. The zero-order valence-electron chi connectivity index (χ0n) is 40.6. The highest BCUT2D eigenvalue weighted by atomic mass is 35.5. The van der Waals surface area contributed by atoms with Gasteiger partial charge in [-0.25, -0.2) is 18.9 Å². The Morgan fingerprint density at radius 3 is 1.89 bits per heavy atom. The minimum Gasteiger partial charge on any atom is -0.624 e. The fourth-order valence-corrected chi connectivity index (χ4v) is 6.46. The smallest absolute Gasteiger partial charge is 0.407 e. The number of halogens is 2. The van der Waals surface area contributed by atoms with Crippen LogP contribution < -0.4 is 16.4 Å². The molecule has 11 nitrogen and oxygen atoms in total. The van der Waals surface area contributed by atoms with Crippen molar-refractivity contribution in [3.8, 4) is 6.07 Å². The van der Waals surface area contributed by atoms with E-state index in [1.54, 1.807) is 12.3 Å². The van der Waals surface area contributed by atoms with E-state index in [-0.39, 0.29) is 40.7 Å². The van der Waals surface area contributed by atoms with Crippen LogP contribution in [0.4, 0.5) is 15.0 Å². The zero-order valence-corrected chi connectivity index (χ0v) is 41.4. The molecule has 7 atom stereocenters. The van der Waals surface area contributed by atoms with Gasteiger partial charge in [0.1, 0.15) is 16.8 Å². The molecule has 5 N–H and O–H groups in total. The number of benzene rings is 2. The number of hydroxylamine groups is 3. The van der Waals surface area contributed by atoms with Crippen LogP contribution in [-0.2, 0) is 17.8 Å². The summed E-state index contributed by atoms with van der Waals surface area (Å²) in [5.74, 6) is 0.865. The van der Waals surface area contributed by atoms with E-state index in [0.29, 0.717) is 30.8 Å². The van der Waals surface area contributed by atoms with Crippen LogP contribution in [0.25, 0.3) is 0 Å². The van der Waals surface area contributed by atoms with Gasteiger partial charge in [-0.3, -0.25) is 0 Å². The number of carbonyl (C=O) groups excluding carboxylic acids is 1. The maximum absolute atomic E-state index is 13.7. The Bertz CT molecular complexity index is 1740.